The van der Waals surface area contributed by atoms with E-state index in [9.17, 15) is 14.4 Å². The molecule has 0 bridgehead atoms. The highest BCUT2D eigenvalue weighted by molar-refractivity contribution is 5.88. The molecule has 1 aliphatic heterocycles. The molecule has 1 saturated heterocycles. The molecular formula is C25H28N2O4. The van der Waals surface area contributed by atoms with Gasteiger partial charge in [0.2, 0.25) is 5.91 Å². The van der Waals surface area contributed by atoms with E-state index in [0.29, 0.717) is 6.54 Å². The molecule has 0 aromatic heterocycles. The summed E-state index contributed by atoms with van der Waals surface area (Å²) in [5.41, 5.74) is 3.42. The number of rotatable bonds is 6. The van der Waals surface area contributed by atoms with Gasteiger partial charge in [-0.15, -0.1) is 0 Å². The van der Waals surface area contributed by atoms with Gasteiger partial charge in [-0.05, 0) is 42.9 Å². The fourth-order valence-corrected chi connectivity index (χ4v) is 4.57. The molecule has 0 spiro atoms. The van der Waals surface area contributed by atoms with Gasteiger partial charge >= 0.3 is 5.97 Å². The van der Waals surface area contributed by atoms with E-state index >= 15 is 0 Å². The minimum absolute atomic E-state index is 0.0496. The number of carbonyl (C=O) groups excluding carboxylic acids is 3. The summed E-state index contributed by atoms with van der Waals surface area (Å²) in [7, 11) is 0. The fourth-order valence-electron chi connectivity index (χ4n) is 4.57. The Balaban J connectivity index is 1.28. The molecule has 4 rings (SSSR count). The van der Waals surface area contributed by atoms with Gasteiger partial charge in [0.25, 0.3) is 5.91 Å². The lowest BCUT2D eigenvalue weighted by Crippen LogP contribution is -2.35. The third kappa shape index (κ3) is 4.79. The molecule has 2 amide bonds. The smallest absolute Gasteiger partial charge is 0.311 e. The fraction of sp³-hybridized carbons (Fsp3) is 0.400. The Labute approximate surface area is 182 Å². The third-order valence-corrected chi connectivity index (χ3v) is 6.29. The standard InChI is InChI=1S/C25H28N2O4/c1-17(18-8-3-2-4-9-18)27-15-20(14-24(27)29)25(30)31-16-23(28)26-22-13-7-11-19-10-5-6-12-21(19)22/h2-6,8-10,12,17,20,22H,7,11,13-16H2,1H3,(H,26,28)/t17-,20+,22-/m1/s1. The van der Waals surface area contributed by atoms with Crippen molar-refractivity contribution in [3.8, 4) is 0 Å². The van der Waals surface area contributed by atoms with Crippen LogP contribution in [0.3, 0.4) is 0 Å². The Morgan fingerprint density at radius 1 is 1.13 bits per heavy atom. The Bertz CT molecular complexity index is 959. The van der Waals surface area contributed by atoms with Crippen molar-refractivity contribution in [2.45, 2.75) is 44.7 Å². The molecule has 6 heteroatoms. The summed E-state index contributed by atoms with van der Waals surface area (Å²) in [5, 5.41) is 2.98. The van der Waals surface area contributed by atoms with Crippen molar-refractivity contribution in [1.82, 2.24) is 10.2 Å². The summed E-state index contributed by atoms with van der Waals surface area (Å²) in [5.74, 6) is -1.41. The number of hydrogen-bond acceptors (Lipinski definition) is 4. The molecule has 1 aliphatic carbocycles. The molecule has 2 aliphatic rings. The number of nitrogens with one attached hydrogen (secondary N) is 1. The van der Waals surface area contributed by atoms with Gasteiger partial charge in [-0.25, -0.2) is 0 Å². The molecule has 0 saturated carbocycles. The minimum atomic E-state index is -0.540. The van der Waals surface area contributed by atoms with Gasteiger partial charge in [0.05, 0.1) is 18.0 Å². The van der Waals surface area contributed by atoms with Crippen LogP contribution in [0.4, 0.5) is 0 Å². The van der Waals surface area contributed by atoms with Crippen LogP contribution in [-0.4, -0.2) is 35.8 Å². The van der Waals surface area contributed by atoms with Crippen molar-refractivity contribution in [1.29, 1.82) is 0 Å². The van der Waals surface area contributed by atoms with Crippen LogP contribution in [0.5, 0.6) is 0 Å². The first-order chi connectivity index (χ1) is 15.0. The summed E-state index contributed by atoms with van der Waals surface area (Å²) in [6.45, 7) is 1.94. The largest absolute Gasteiger partial charge is 0.455 e. The maximum atomic E-state index is 12.5. The topological polar surface area (TPSA) is 75.7 Å². The van der Waals surface area contributed by atoms with Gasteiger partial charge in [-0.1, -0.05) is 54.6 Å². The first kappa shape index (κ1) is 21.1. The van der Waals surface area contributed by atoms with Crippen LogP contribution >= 0.6 is 0 Å². The summed E-state index contributed by atoms with van der Waals surface area (Å²) in [6, 6.07) is 17.7. The monoisotopic (exact) mass is 420 g/mol. The summed E-state index contributed by atoms with van der Waals surface area (Å²) < 4.78 is 5.27. The number of carbonyl (C=O) groups is 3. The van der Waals surface area contributed by atoms with Crippen LogP contribution in [0.2, 0.25) is 0 Å². The highest BCUT2D eigenvalue weighted by Gasteiger charge is 2.38. The highest BCUT2D eigenvalue weighted by Crippen LogP contribution is 2.30. The maximum Gasteiger partial charge on any atom is 0.311 e. The Kier molecular flexibility index (Phi) is 6.35. The lowest BCUT2D eigenvalue weighted by molar-refractivity contribution is -0.152. The van der Waals surface area contributed by atoms with Crippen LogP contribution < -0.4 is 5.32 Å². The number of ether oxygens (including phenoxy) is 1. The lowest BCUT2D eigenvalue weighted by atomic mass is 9.88. The number of benzene rings is 2. The van der Waals surface area contributed by atoms with E-state index < -0.39 is 11.9 Å². The molecule has 2 aromatic carbocycles. The number of amides is 2. The number of hydrogen-bond donors (Lipinski definition) is 1. The van der Waals surface area contributed by atoms with Crippen molar-refractivity contribution in [2.75, 3.05) is 13.2 Å². The SMILES string of the molecule is C[C@H](c1ccccc1)N1C[C@@H](C(=O)OCC(=O)N[C@@H]2CCCc3ccccc32)CC1=O. The molecule has 6 nitrogen and oxygen atoms in total. The van der Waals surface area contributed by atoms with E-state index in [0.717, 1.165) is 30.4 Å². The van der Waals surface area contributed by atoms with Crippen LogP contribution in [0.25, 0.3) is 0 Å². The lowest BCUT2D eigenvalue weighted by Gasteiger charge is -2.26. The third-order valence-electron chi connectivity index (χ3n) is 6.29. The second-order valence-electron chi connectivity index (χ2n) is 8.35. The van der Waals surface area contributed by atoms with Crippen molar-refractivity contribution in [2.24, 2.45) is 5.92 Å². The van der Waals surface area contributed by atoms with E-state index in [2.05, 4.69) is 11.4 Å². The zero-order chi connectivity index (χ0) is 21.8. The molecule has 0 unspecified atom stereocenters. The molecule has 3 atom stereocenters. The average Bonchev–Trinajstić information content (AvgIpc) is 3.19. The molecule has 1 heterocycles. The first-order valence-electron chi connectivity index (χ1n) is 10.9. The second-order valence-corrected chi connectivity index (χ2v) is 8.35. The van der Waals surface area contributed by atoms with Gasteiger partial charge < -0.3 is 15.0 Å². The van der Waals surface area contributed by atoms with Gasteiger partial charge in [0.1, 0.15) is 0 Å². The van der Waals surface area contributed by atoms with Crippen LogP contribution in [0, 0.1) is 5.92 Å². The quantitative estimate of drug-likeness (QED) is 0.728. The molecule has 0 radical (unpaired) electrons. The predicted octanol–water partition coefficient (Wildman–Crippen LogP) is 3.33. The van der Waals surface area contributed by atoms with E-state index in [-0.39, 0.29) is 36.9 Å². The summed E-state index contributed by atoms with van der Waals surface area (Å²) >= 11 is 0. The predicted molar refractivity (Wildman–Crippen MR) is 116 cm³/mol. The number of nitrogens with zero attached hydrogens (tertiary/aromatic N) is 1. The van der Waals surface area contributed by atoms with Gasteiger partial charge in [-0.2, -0.15) is 0 Å². The van der Waals surface area contributed by atoms with Crippen molar-refractivity contribution >= 4 is 17.8 Å². The van der Waals surface area contributed by atoms with Crippen LogP contribution in [0.1, 0.15) is 55.0 Å². The van der Waals surface area contributed by atoms with Crippen molar-refractivity contribution < 1.29 is 19.1 Å². The molecular weight excluding hydrogens is 392 g/mol. The zero-order valence-corrected chi connectivity index (χ0v) is 17.8. The number of fused-ring (bicyclic) bond motifs is 1. The van der Waals surface area contributed by atoms with Gasteiger partial charge in [0, 0.05) is 13.0 Å². The van der Waals surface area contributed by atoms with E-state index in [1.807, 2.05) is 55.5 Å². The van der Waals surface area contributed by atoms with Gasteiger partial charge in [-0.3, -0.25) is 14.4 Å². The Morgan fingerprint density at radius 3 is 2.68 bits per heavy atom. The Hall–Kier alpha value is -3.15. The van der Waals surface area contributed by atoms with Crippen LogP contribution in [-0.2, 0) is 25.5 Å². The number of aryl methyl sites for hydroxylation is 1. The summed E-state index contributed by atoms with van der Waals surface area (Å²) in [6.07, 6.45) is 3.03. The van der Waals surface area contributed by atoms with Crippen LogP contribution in [0.15, 0.2) is 54.6 Å². The minimum Gasteiger partial charge on any atom is -0.455 e. The normalized spacial score (nSPS) is 21.3. The van der Waals surface area contributed by atoms with Gasteiger partial charge in [0.15, 0.2) is 6.61 Å². The molecule has 162 valence electrons. The zero-order valence-electron chi connectivity index (χ0n) is 17.8. The Morgan fingerprint density at radius 2 is 1.87 bits per heavy atom. The first-order valence-corrected chi connectivity index (χ1v) is 10.9. The van der Waals surface area contributed by atoms with Crippen molar-refractivity contribution in [3.05, 3.63) is 71.3 Å². The molecule has 2 aromatic rings. The number of likely N-dealkylation sites (tertiary alicyclic amines) is 1. The van der Waals surface area contributed by atoms with Crippen molar-refractivity contribution in [3.63, 3.8) is 0 Å². The number of esters is 1. The second kappa shape index (κ2) is 9.33. The average molecular weight is 421 g/mol. The molecule has 1 N–H and O–H groups in total. The van der Waals surface area contributed by atoms with E-state index in [1.54, 1.807) is 4.90 Å². The highest BCUT2D eigenvalue weighted by atomic mass is 16.5. The van der Waals surface area contributed by atoms with E-state index in [4.69, 9.17) is 4.74 Å². The van der Waals surface area contributed by atoms with E-state index in [1.165, 1.54) is 5.56 Å². The molecule has 1 fully saturated rings. The molecule has 31 heavy (non-hydrogen) atoms. The summed E-state index contributed by atoms with van der Waals surface area (Å²) in [4.78, 5) is 39.1. The maximum absolute atomic E-state index is 12.5.